The molecule has 0 N–H and O–H groups in total. The van der Waals surface area contributed by atoms with Crippen molar-refractivity contribution in [2.24, 2.45) is 0 Å². The predicted octanol–water partition coefficient (Wildman–Crippen LogP) is 16.3. The van der Waals surface area contributed by atoms with E-state index in [9.17, 15) is 0 Å². The first-order chi connectivity index (χ1) is 31.2. The predicted molar refractivity (Wildman–Crippen MR) is 263 cm³/mol. The summed E-state index contributed by atoms with van der Waals surface area (Å²) in [4.78, 5) is 2.43. The number of hydrogen-bond acceptors (Lipinski definition) is 2. The van der Waals surface area contributed by atoms with Crippen LogP contribution in [0.4, 0.5) is 17.1 Å². The van der Waals surface area contributed by atoms with E-state index in [0.29, 0.717) is 5.92 Å². The molecule has 1 spiro atoms. The number of allylic oxidation sites excluding steroid dienone is 4. The summed E-state index contributed by atoms with van der Waals surface area (Å²) >= 11 is 0. The number of ether oxygens (including phenoxy) is 1. The van der Waals surface area contributed by atoms with Gasteiger partial charge >= 0.3 is 0 Å². The lowest BCUT2D eigenvalue weighted by Crippen LogP contribution is -2.32. The second-order valence-corrected chi connectivity index (χ2v) is 17.2. The Labute approximate surface area is 370 Å². The van der Waals surface area contributed by atoms with Crippen molar-refractivity contribution in [2.75, 3.05) is 4.90 Å². The van der Waals surface area contributed by atoms with Crippen molar-refractivity contribution < 1.29 is 4.74 Å². The normalized spacial score (nSPS) is 15.2. The quantitative estimate of drug-likeness (QED) is 0.159. The van der Waals surface area contributed by atoms with Crippen molar-refractivity contribution in [1.82, 2.24) is 0 Å². The fraction of sp³-hybridized carbons (Fsp3) is 0.115. The number of hydrogen-bond donors (Lipinski definition) is 0. The van der Waals surface area contributed by atoms with Crippen LogP contribution in [0.1, 0.15) is 65.1 Å². The van der Waals surface area contributed by atoms with Crippen LogP contribution in [0, 0.1) is 0 Å². The van der Waals surface area contributed by atoms with E-state index >= 15 is 0 Å². The second kappa shape index (κ2) is 14.9. The lowest BCUT2D eigenvalue weighted by molar-refractivity contribution is 0.447. The van der Waals surface area contributed by atoms with Gasteiger partial charge in [-0.25, -0.2) is 0 Å². The van der Waals surface area contributed by atoms with Crippen molar-refractivity contribution in [2.45, 2.75) is 44.4 Å². The number of fused-ring (bicyclic) bond motifs is 13. The molecule has 0 radical (unpaired) electrons. The maximum atomic E-state index is 7.36. The van der Waals surface area contributed by atoms with Crippen molar-refractivity contribution in [3.05, 3.63) is 245 Å². The Morgan fingerprint density at radius 1 is 0.492 bits per heavy atom. The molecule has 0 amide bonds. The minimum Gasteiger partial charge on any atom is -0.455 e. The van der Waals surface area contributed by atoms with Gasteiger partial charge in [0.1, 0.15) is 11.5 Å². The lowest BCUT2D eigenvalue weighted by atomic mass is 9.65. The first-order valence-electron chi connectivity index (χ1n) is 22.6. The monoisotopic (exact) mass is 809 g/mol. The Bertz CT molecular complexity index is 3240. The second-order valence-electron chi connectivity index (χ2n) is 17.2. The molecular formula is C61H47NO. The van der Waals surface area contributed by atoms with Crippen LogP contribution < -0.4 is 9.64 Å². The van der Waals surface area contributed by atoms with E-state index in [2.05, 4.69) is 225 Å². The molecule has 1 heterocycles. The molecular weight excluding hydrogens is 763 g/mol. The Hall–Kier alpha value is -7.42. The molecule has 12 rings (SSSR count). The summed E-state index contributed by atoms with van der Waals surface area (Å²) in [6.45, 7) is 4.49. The van der Waals surface area contributed by atoms with E-state index in [4.69, 9.17) is 4.74 Å². The first-order valence-corrected chi connectivity index (χ1v) is 22.6. The molecule has 0 bridgehead atoms. The fourth-order valence-electron chi connectivity index (χ4n) is 11.2. The van der Waals surface area contributed by atoms with Gasteiger partial charge in [-0.15, -0.1) is 0 Å². The van der Waals surface area contributed by atoms with Gasteiger partial charge in [0.15, 0.2) is 0 Å². The SMILES string of the molecule is CCc1cccc2c3c(ccc12)C1(c2ccccc2-c2cc(-c4cccc(N(c5ccccc5)c5ccccc5C5C=CC=CC5)c4)ccc21)c1ccc2c(CC)cccc2c1O3. The van der Waals surface area contributed by atoms with Gasteiger partial charge in [-0.3, -0.25) is 0 Å². The van der Waals surface area contributed by atoms with Crippen LogP contribution in [0.15, 0.2) is 206 Å². The third-order valence-electron chi connectivity index (χ3n) is 14.0. The molecule has 9 aromatic rings. The van der Waals surface area contributed by atoms with E-state index in [0.717, 1.165) is 42.1 Å². The summed E-state index contributed by atoms with van der Waals surface area (Å²) in [6, 6.07) is 68.0. The Morgan fingerprint density at radius 3 is 1.83 bits per heavy atom. The molecule has 63 heavy (non-hydrogen) atoms. The average molecular weight is 810 g/mol. The Morgan fingerprint density at radius 2 is 1.11 bits per heavy atom. The zero-order valence-corrected chi connectivity index (χ0v) is 35.7. The van der Waals surface area contributed by atoms with Gasteiger partial charge in [0.2, 0.25) is 0 Å². The molecule has 1 unspecified atom stereocenters. The highest BCUT2D eigenvalue weighted by molar-refractivity contribution is 6.01. The number of benzene rings is 9. The highest BCUT2D eigenvalue weighted by atomic mass is 16.5. The number of rotatable bonds is 7. The molecule has 2 heteroatoms. The lowest BCUT2D eigenvalue weighted by Gasteiger charge is -2.40. The molecule has 1 aliphatic heterocycles. The topological polar surface area (TPSA) is 12.5 Å². The van der Waals surface area contributed by atoms with Crippen LogP contribution in [0.5, 0.6) is 11.5 Å². The first kappa shape index (κ1) is 37.4. The summed E-state index contributed by atoms with van der Waals surface area (Å²) in [5.41, 5.74) is 16.7. The van der Waals surface area contributed by atoms with Gasteiger partial charge in [0, 0.05) is 44.9 Å². The fourth-order valence-corrected chi connectivity index (χ4v) is 11.2. The van der Waals surface area contributed by atoms with E-state index in [1.165, 1.54) is 88.4 Å². The smallest absolute Gasteiger partial charge is 0.140 e. The van der Waals surface area contributed by atoms with Crippen molar-refractivity contribution in [3.8, 4) is 33.8 Å². The van der Waals surface area contributed by atoms with E-state index in [1.807, 2.05) is 0 Å². The van der Waals surface area contributed by atoms with Crippen LogP contribution in [0.3, 0.4) is 0 Å². The summed E-state index contributed by atoms with van der Waals surface area (Å²) in [5, 5.41) is 4.85. The summed E-state index contributed by atoms with van der Waals surface area (Å²) in [5.74, 6) is 2.24. The molecule has 0 aromatic heterocycles. The maximum absolute atomic E-state index is 7.36. The summed E-state index contributed by atoms with van der Waals surface area (Å²) in [6.07, 6.45) is 11.9. The van der Waals surface area contributed by atoms with Crippen LogP contribution >= 0.6 is 0 Å². The van der Waals surface area contributed by atoms with E-state index in [1.54, 1.807) is 0 Å². The minimum absolute atomic E-state index is 0.309. The van der Waals surface area contributed by atoms with Crippen LogP contribution in [0.2, 0.25) is 0 Å². The van der Waals surface area contributed by atoms with Crippen molar-refractivity contribution in [1.29, 1.82) is 0 Å². The largest absolute Gasteiger partial charge is 0.455 e. The molecule has 0 saturated heterocycles. The molecule has 302 valence electrons. The molecule has 3 aliphatic rings. The van der Waals surface area contributed by atoms with Crippen molar-refractivity contribution in [3.63, 3.8) is 0 Å². The summed E-state index contributed by atoms with van der Waals surface area (Å²) < 4.78 is 7.36. The van der Waals surface area contributed by atoms with Gasteiger partial charge in [-0.05, 0) is 117 Å². The molecule has 2 nitrogen and oxygen atoms in total. The van der Waals surface area contributed by atoms with Crippen molar-refractivity contribution >= 4 is 38.6 Å². The molecule has 9 aromatic carbocycles. The van der Waals surface area contributed by atoms with Gasteiger partial charge in [0.25, 0.3) is 0 Å². The van der Waals surface area contributed by atoms with Crippen LogP contribution in [-0.4, -0.2) is 0 Å². The van der Waals surface area contributed by atoms with Gasteiger partial charge < -0.3 is 9.64 Å². The van der Waals surface area contributed by atoms with Gasteiger partial charge in [-0.1, -0.05) is 184 Å². The standard InChI is InChI=1S/C61H47NO/c1-3-40-20-16-28-51-47(40)33-36-56-59(51)63-60-52-29-17-21-41(4-2)48(52)34-37-57(60)61(56)54-30-13-11-27-50(54)53-39-44(32-35-55(53)61)43-22-15-25-46(38-43)62(45-23-9-6-10-24-45)58-31-14-12-26-49(58)42-18-7-5-8-19-42/h5-18,20-39,42H,3-4,19H2,1-2H3. The molecule has 0 saturated carbocycles. The summed E-state index contributed by atoms with van der Waals surface area (Å²) in [7, 11) is 0. The average Bonchev–Trinajstić information content (AvgIpc) is 3.64. The highest BCUT2D eigenvalue weighted by Crippen LogP contribution is 2.64. The third-order valence-corrected chi connectivity index (χ3v) is 14.0. The van der Waals surface area contributed by atoms with Gasteiger partial charge in [-0.2, -0.15) is 0 Å². The number of anilines is 3. The maximum Gasteiger partial charge on any atom is 0.140 e. The minimum atomic E-state index is -0.585. The number of nitrogens with zero attached hydrogens (tertiary/aromatic N) is 1. The van der Waals surface area contributed by atoms with Gasteiger partial charge in [0.05, 0.1) is 5.41 Å². The van der Waals surface area contributed by atoms with Crippen LogP contribution in [-0.2, 0) is 18.3 Å². The van der Waals surface area contributed by atoms with Crippen LogP contribution in [0.25, 0.3) is 43.8 Å². The highest BCUT2D eigenvalue weighted by Gasteiger charge is 2.52. The number of aryl methyl sites for hydroxylation is 2. The number of para-hydroxylation sites is 2. The zero-order chi connectivity index (χ0) is 42.1. The third kappa shape index (κ3) is 5.64. The molecule has 1 atom stereocenters. The zero-order valence-electron chi connectivity index (χ0n) is 35.7. The Balaban J connectivity index is 1.07. The van der Waals surface area contributed by atoms with E-state index in [-0.39, 0.29) is 0 Å². The Kier molecular flexibility index (Phi) is 8.83. The van der Waals surface area contributed by atoms with E-state index < -0.39 is 5.41 Å². The molecule has 2 aliphatic carbocycles. The molecule has 0 fully saturated rings.